The fourth-order valence-electron chi connectivity index (χ4n) is 3.67. The Kier molecular flexibility index (Phi) is 1.94. The molecule has 14 heavy (non-hydrogen) atoms. The van der Waals surface area contributed by atoms with E-state index in [1.165, 1.54) is 32.1 Å². The average molecular weight is 195 g/mol. The van der Waals surface area contributed by atoms with Crippen molar-refractivity contribution in [1.29, 1.82) is 0 Å². The molecule has 2 bridgehead atoms. The van der Waals surface area contributed by atoms with Crippen LogP contribution in [0.5, 0.6) is 0 Å². The maximum absolute atomic E-state index is 10.2. The largest absolute Gasteiger partial charge is 0.390 e. The van der Waals surface area contributed by atoms with E-state index in [0.717, 1.165) is 18.9 Å². The smallest absolute Gasteiger partial charge is 0.0649 e. The molecule has 2 aliphatic heterocycles. The number of hydrogen-bond donors (Lipinski definition) is 1. The minimum Gasteiger partial charge on any atom is -0.390 e. The summed E-state index contributed by atoms with van der Waals surface area (Å²) >= 11 is 0. The van der Waals surface area contributed by atoms with Gasteiger partial charge in [-0.25, -0.2) is 0 Å². The van der Waals surface area contributed by atoms with Crippen LogP contribution in [0.15, 0.2) is 0 Å². The Balaban J connectivity index is 1.81. The molecule has 3 aliphatic rings. The van der Waals surface area contributed by atoms with Crippen molar-refractivity contribution in [2.75, 3.05) is 0 Å². The second-order valence-electron chi connectivity index (χ2n) is 5.82. The molecule has 1 N–H and O–H groups in total. The molecule has 2 saturated heterocycles. The molecule has 0 spiro atoms. The van der Waals surface area contributed by atoms with Gasteiger partial charge in [0.05, 0.1) is 5.60 Å². The van der Waals surface area contributed by atoms with Crippen molar-refractivity contribution in [3.63, 3.8) is 0 Å². The standard InChI is InChI=1S/C12H21NO/c1-12(14)7-10-3-2-4-11(8-12)13(10)9-5-6-9/h9-11,14H,2-8H2,1H3. The molecule has 2 unspecified atom stereocenters. The summed E-state index contributed by atoms with van der Waals surface area (Å²) in [5.74, 6) is 0. The van der Waals surface area contributed by atoms with Crippen molar-refractivity contribution < 1.29 is 5.11 Å². The second kappa shape index (κ2) is 2.96. The summed E-state index contributed by atoms with van der Waals surface area (Å²) in [5.41, 5.74) is -0.374. The van der Waals surface area contributed by atoms with E-state index < -0.39 is 0 Å². The first-order valence-electron chi connectivity index (χ1n) is 6.15. The summed E-state index contributed by atoms with van der Waals surface area (Å²) < 4.78 is 0. The third kappa shape index (κ3) is 1.49. The summed E-state index contributed by atoms with van der Waals surface area (Å²) in [5, 5.41) is 10.2. The van der Waals surface area contributed by atoms with Crippen LogP contribution in [0.4, 0.5) is 0 Å². The second-order valence-corrected chi connectivity index (χ2v) is 5.82. The molecular formula is C12H21NO. The van der Waals surface area contributed by atoms with E-state index in [-0.39, 0.29) is 5.60 Å². The van der Waals surface area contributed by atoms with E-state index in [4.69, 9.17) is 0 Å². The van der Waals surface area contributed by atoms with Crippen LogP contribution in [-0.2, 0) is 0 Å². The van der Waals surface area contributed by atoms with Gasteiger partial charge in [0.25, 0.3) is 0 Å². The Morgan fingerprint density at radius 1 is 1.00 bits per heavy atom. The first-order valence-corrected chi connectivity index (χ1v) is 6.15. The molecule has 2 nitrogen and oxygen atoms in total. The fraction of sp³-hybridized carbons (Fsp3) is 1.00. The highest BCUT2D eigenvalue weighted by Gasteiger charge is 2.47. The lowest BCUT2D eigenvalue weighted by atomic mass is 9.76. The molecule has 80 valence electrons. The Labute approximate surface area is 86.3 Å². The highest BCUT2D eigenvalue weighted by atomic mass is 16.3. The molecule has 2 heterocycles. The predicted molar refractivity (Wildman–Crippen MR) is 56.1 cm³/mol. The summed E-state index contributed by atoms with van der Waals surface area (Å²) in [6.45, 7) is 2.03. The van der Waals surface area contributed by atoms with Gasteiger partial charge >= 0.3 is 0 Å². The van der Waals surface area contributed by atoms with Crippen LogP contribution in [0.3, 0.4) is 0 Å². The van der Waals surface area contributed by atoms with Crippen LogP contribution in [0.1, 0.15) is 51.9 Å². The Bertz CT molecular complexity index is 218. The number of piperidine rings is 2. The summed E-state index contributed by atoms with van der Waals surface area (Å²) in [6.07, 6.45) is 8.88. The van der Waals surface area contributed by atoms with Crippen molar-refractivity contribution in [2.45, 2.75) is 75.6 Å². The van der Waals surface area contributed by atoms with Gasteiger partial charge in [-0.15, -0.1) is 0 Å². The monoisotopic (exact) mass is 195 g/mol. The molecule has 1 aliphatic carbocycles. The van der Waals surface area contributed by atoms with E-state index >= 15 is 0 Å². The quantitative estimate of drug-likeness (QED) is 0.691. The molecule has 3 fully saturated rings. The van der Waals surface area contributed by atoms with Crippen molar-refractivity contribution in [2.24, 2.45) is 0 Å². The lowest BCUT2D eigenvalue weighted by molar-refractivity contribution is -0.0848. The minimum atomic E-state index is -0.374. The van der Waals surface area contributed by atoms with Crippen LogP contribution >= 0.6 is 0 Å². The van der Waals surface area contributed by atoms with E-state index in [0.29, 0.717) is 12.1 Å². The third-order valence-electron chi connectivity index (χ3n) is 4.24. The van der Waals surface area contributed by atoms with Crippen LogP contribution in [0.2, 0.25) is 0 Å². The van der Waals surface area contributed by atoms with E-state index in [9.17, 15) is 5.11 Å². The van der Waals surface area contributed by atoms with Gasteiger partial charge in [-0.2, -0.15) is 0 Å². The highest BCUT2D eigenvalue weighted by Crippen LogP contribution is 2.44. The van der Waals surface area contributed by atoms with Crippen LogP contribution in [0.25, 0.3) is 0 Å². The molecule has 0 aromatic rings. The lowest BCUT2D eigenvalue weighted by Crippen LogP contribution is -2.57. The van der Waals surface area contributed by atoms with Gasteiger partial charge in [-0.1, -0.05) is 6.42 Å². The fourth-order valence-corrected chi connectivity index (χ4v) is 3.67. The molecule has 0 aromatic heterocycles. The van der Waals surface area contributed by atoms with Crippen LogP contribution in [0, 0.1) is 0 Å². The predicted octanol–water partition coefficient (Wildman–Crippen LogP) is 1.92. The molecule has 2 atom stereocenters. The van der Waals surface area contributed by atoms with Gasteiger partial charge in [0.1, 0.15) is 0 Å². The zero-order valence-electron chi connectivity index (χ0n) is 9.08. The van der Waals surface area contributed by atoms with Crippen molar-refractivity contribution in [1.82, 2.24) is 4.90 Å². The normalized spacial score (nSPS) is 49.3. The molecule has 0 radical (unpaired) electrons. The Morgan fingerprint density at radius 2 is 1.57 bits per heavy atom. The van der Waals surface area contributed by atoms with Gasteiger partial charge in [0.15, 0.2) is 0 Å². The van der Waals surface area contributed by atoms with Crippen LogP contribution in [-0.4, -0.2) is 33.7 Å². The molecule has 2 heteroatoms. The first-order chi connectivity index (χ1) is 6.66. The highest BCUT2D eigenvalue weighted by molar-refractivity contribution is 5.03. The van der Waals surface area contributed by atoms with Gasteiger partial charge in [0.2, 0.25) is 0 Å². The van der Waals surface area contributed by atoms with Gasteiger partial charge in [-0.05, 0) is 45.4 Å². The number of aliphatic hydroxyl groups is 1. The maximum Gasteiger partial charge on any atom is 0.0649 e. The summed E-state index contributed by atoms with van der Waals surface area (Å²) in [6, 6.07) is 2.29. The number of nitrogens with zero attached hydrogens (tertiary/aromatic N) is 1. The molecule has 3 rings (SSSR count). The maximum atomic E-state index is 10.2. The van der Waals surface area contributed by atoms with Crippen molar-refractivity contribution in [3.05, 3.63) is 0 Å². The zero-order valence-corrected chi connectivity index (χ0v) is 9.08. The van der Waals surface area contributed by atoms with Crippen LogP contribution < -0.4 is 0 Å². The molecular weight excluding hydrogens is 174 g/mol. The zero-order chi connectivity index (χ0) is 9.76. The SMILES string of the molecule is CC1(O)CC2CCCC(C1)N2C1CC1. The summed E-state index contributed by atoms with van der Waals surface area (Å²) in [4.78, 5) is 2.75. The first kappa shape index (κ1) is 9.17. The average Bonchev–Trinajstić information content (AvgIpc) is 2.83. The van der Waals surface area contributed by atoms with Gasteiger partial charge in [-0.3, -0.25) is 4.90 Å². The van der Waals surface area contributed by atoms with Crippen molar-refractivity contribution >= 4 is 0 Å². The number of hydrogen-bond acceptors (Lipinski definition) is 2. The van der Waals surface area contributed by atoms with Gasteiger partial charge in [0, 0.05) is 18.1 Å². The van der Waals surface area contributed by atoms with E-state index in [2.05, 4.69) is 4.90 Å². The topological polar surface area (TPSA) is 23.5 Å². The number of fused-ring (bicyclic) bond motifs is 2. The van der Waals surface area contributed by atoms with Crippen molar-refractivity contribution in [3.8, 4) is 0 Å². The Hall–Kier alpha value is -0.0800. The minimum absolute atomic E-state index is 0.374. The molecule has 1 saturated carbocycles. The number of rotatable bonds is 1. The third-order valence-corrected chi connectivity index (χ3v) is 4.24. The van der Waals surface area contributed by atoms with E-state index in [1.807, 2.05) is 6.92 Å². The van der Waals surface area contributed by atoms with E-state index in [1.54, 1.807) is 0 Å². The van der Waals surface area contributed by atoms with Gasteiger partial charge < -0.3 is 5.11 Å². The molecule has 0 amide bonds. The summed E-state index contributed by atoms with van der Waals surface area (Å²) in [7, 11) is 0. The lowest BCUT2D eigenvalue weighted by Gasteiger charge is -2.51. The Morgan fingerprint density at radius 3 is 2.07 bits per heavy atom. The molecule has 0 aromatic carbocycles.